The van der Waals surface area contributed by atoms with E-state index in [4.69, 9.17) is 0 Å². The zero-order valence-electron chi connectivity index (χ0n) is 11.6. The molecule has 1 aromatic rings. The van der Waals surface area contributed by atoms with Gasteiger partial charge in [-0.2, -0.15) is 0 Å². The molecule has 0 radical (unpaired) electrons. The monoisotopic (exact) mass is 261 g/mol. The number of carbonyl (C=O) groups is 2. The van der Waals surface area contributed by atoms with Crippen LogP contribution in [-0.4, -0.2) is 40.8 Å². The smallest absolute Gasteiger partial charge is 0.256 e. The van der Waals surface area contributed by atoms with Crippen LogP contribution in [0.2, 0.25) is 0 Å². The average molecular weight is 261 g/mol. The summed E-state index contributed by atoms with van der Waals surface area (Å²) in [6, 6.07) is 1.46. The fourth-order valence-electron chi connectivity index (χ4n) is 2.29. The number of nitrogens with one attached hydrogen (secondary N) is 1. The zero-order chi connectivity index (χ0) is 14.0. The fraction of sp³-hybridized carbons (Fsp3) is 0.500. The Hall–Kier alpha value is -1.91. The molecule has 0 aromatic carbocycles. The van der Waals surface area contributed by atoms with Crippen LogP contribution in [0.25, 0.3) is 0 Å². The van der Waals surface area contributed by atoms with E-state index in [0.717, 1.165) is 11.3 Å². The lowest BCUT2D eigenvalue weighted by molar-refractivity contribution is -0.127. The molecule has 5 heteroatoms. The highest BCUT2D eigenvalue weighted by atomic mass is 16.2. The van der Waals surface area contributed by atoms with Crippen molar-refractivity contribution in [3.8, 4) is 0 Å². The van der Waals surface area contributed by atoms with Crippen molar-refractivity contribution in [2.24, 2.45) is 0 Å². The Morgan fingerprint density at radius 1 is 1.53 bits per heavy atom. The minimum Gasteiger partial charge on any atom is -0.353 e. The summed E-state index contributed by atoms with van der Waals surface area (Å²) in [5, 5.41) is 2.79. The summed E-state index contributed by atoms with van der Waals surface area (Å²) in [5.41, 5.74) is 2.46. The summed E-state index contributed by atoms with van der Waals surface area (Å²) in [5.74, 6) is -0.184. The molecule has 19 heavy (non-hydrogen) atoms. The molecule has 2 rings (SSSR count). The number of aryl methyl sites for hydroxylation is 2. The van der Waals surface area contributed by atoms with Crippen molar-refractivity contribution in [1.82, 2.24) is 15.2 Å². The Morgan fingerprint density at radius 2 is 2.26 bits per heavy atom. The molecule has 1 fully saturated rings. The highest BCUT2D eigenvalue weighted by Crippen LogP contribution is 2.15. The number of carbonyl (C=O) groups excluding carboxylic acids is 2. The number of hydrogen-bond acceptors (Lipinski definition) is 3. The summed E-state index contributed by atoms with van der Waals surface area (Å²) in [7, 11) is 0. The van der Waals surface area contributed by atoms with E-state index in [-0.39, 0.29) is 17.9 Å². The highest BCUT2D eigenvalue weighted by Gasteiger charge is 2.32. The maximum atomic E-state index is 12.5. The second-order valence-corrected chi connectivity index (χ2v) is 4.84. The van der Waals surface area contributed by atoms with Crippen LogP contribution in [0.15, 0.2) is 12.3 Å². The summed E-state index contributed by atoms with van der Waals surface area (Å²) < 4.78 is 0. The molecule has 1 aromatic heterocycles. The van der Waals surface area contributed by atoms with Gasteiger partial charge >= 0.3 is 0 Å². The second-order valence-electron chi connectivity index (χ2n) is 4.84. The Kier molecular flexibility index (Phi) is 3.83. The summed E-state index contributed by atoms with van der Waals surface area (Å²) in [6.45, 7) is 6.82. The molecule has 1 unspecified atom stereocenters. The van der Waals surface area contributed by atoms with Gasteiger partial charge in [-0.25, -0.2) is 0 Å². The molecule has 2 heterocycles. The first kappa shape index (κ1) is 13.5. The molecule has 1 atom stereocenters. The predicted octanol–water partition coefficient (Wildman–Crippen LogP) is 1.05. The van der Waals surface area contributed by atoms with E-state index in [1.54, 1.807) is 11.1 Å². The SMILES string of the molecule is CCC1C(=O)NCCN1C(=O)c1cnc(C)c(C)c1. The van der Waals surface area contributed by atoms with Gasteiger partial charge in [0.25, 0.3) is 5.91 Å². The van der Waals surface area contributed by atoms with Crippen molar-refractivity contribution in [3.05, 3.63) is 29.1 Å². The maximum absolute atomic E-state index is 12.5. The van der Waals surface area contributed by atoms with Gasteiger partial charge in [-0.15, -0.1) is 0 Å². The molecule has 5 nitrogen and oxygen atoms in total. The van der Waals surface area contributed by atoms with Gasteiger partial charge in [-0.05, 0) is 31.9 Å². The van der Waals surface area contributed by atoms with Crippen molar-refractivity contribution < 1.29 is 9.59 Å². The van der Waals surface area contributed by atoms with Crippen LogP contribution in [0, 0.1) is 13.8 Å². The molecule has 0 aliphatic carbocycles. The molecule has 1 aliphatic rings. The molecule has 1 aliphatic heterocycles. The van der Waals surface area contributed by atoms with Gasteiger partial charge in [0.1, 0.15) is 6.04 Å². The molecule has 1 N–H and O–H groups in total. The summed E-state index contributed by atoms with van der Waals surface area (Å²) in [6.07, 6.45) is 2.21. The third-order valence-electron chi connectivity index (χ3n) is 3.57. The standard InChI is InChI=1S/C14H19N3O2/c1-4-12-13(18)15-5-6-17(12)14(19)11-7-9(2)10(3)16-8-11/h7-8,12H,4-6H2,1-3H3,(H,15,18). The van der Waals surface area contributed by atoms with E-state index in [2.05, 4.69) is 10.3 Å². The van der Waals surface area contributed by atoms with Crippen molar-refractivity contribution in [2.45, 2.75) is 33.2 Å². The number of rotatable bonds is 2. The number of nitrogens with zero attached hydrogens (tertiary/aromatic N) is 2. The largest absolute Gasteiger partial charge is 0.353 e. The van der Waals surface area contributed by atoms with Crippen molar-refractivity contribution in [3.63, 3.8) is 0 Å². The zero-order valence-corrected chi connectivity index (χ0v) is 11.6. The van der Waals surface area contributed by atoms with Crippen molar-refractivity contribution >= 4 is 11.8 Å². The van der Waals surface area contributed by atoms with Crippen LogP contribution in [0.3, 0.4) is 0 Å². The minimum atomic E-state index is -0.372. The molecule has 2 amide bonds. The molecule has 1 saturated heterocycles. The van der Waals surface area contributed by atoms with Crippen LogP contribution in [0.5, 0.6) is 0 Å². The van der Waals surface area contributed by atoms with Crippen LogP contribution < -0.4 is 5.32 Å². The van der Waals surface area contributed by atoms with Gasteiger partial charge in [-0.1, -0.05) is 6.92 Å². The summed E-state index contributed by atoms with van der Waals surface area (Å²) in [4.78, 5) is 30.1. The average Bonchev–Trinajstić information content (AvgIpc) is 2.40. The van der Waals surface area contributed by atoms with Crippen molar-refractivity contribution in [2.75, 3.05) is 13.1 Å². The van der Waals surface area contributed by atoms with E-state index >= 15 is 0 Å². The van der Waals surface area contributed by atoms with E-state index in [1.165, 1.54) is 0 Å². The van der Waals surface area contributed by atoms with E-state index in [0.29, 0.717) is 25.1 Å². The lowest BCUT2D eigenvalue weighted by atomic mass is 10.1. The molecular formula is C14H19N3O2. The third kappa shape index (κ3) is 2.59. The quantitative estimate of drug-likeness (QED) is 0.865. The van der Waals surface area contributed by atoms with Crippen LogP contribution in [0.4, 0.5) is 0 Å². The Morgan fingerprint density at radius 3 is 2.89 bits per heavy atom. The van der Waals surface area contributed by atoms with Gasteiger partial charge in [0, 0.05) is 25.0 Å². The first-order valence-corrected chi connectivity index (χ1v) is 6.56. The van der Waals surface area contributed by atoms with Gasteiger partial charge in [0.2, 0.25) is 5.91 Å². The van der Waals surface area contributed by atoms with Gasteiger partial charge < -0.3 is 10.2 Å². The minimum absolute atomic E-state index is 0.0705. The Labute approximate surface area is 113 Å². The lowest BCUT2D eigenvalue weighted by Crippen LogP contribution is -2.56. The Balaban J connectivity index is 2.26. The first-order chi connectivity index (χ1) is 9.04. The van der Waals surface area contributed by atoms with Crippen LogP contribution in [0.1, 0.15) is 35.0 Å². The number of piperazine rings is 1. The number of pyridine rings is 1. The molecule has 102 valence electrons. The maximum Gasteiger partial charge on any atom is 0.256 e. The number of aromatic nitrogens is 1. The van der Waals surface area contributed by atoms with E-state index in [1.807, 2.05) is 26.8 Å². The fourth-order valence-corrected chi connectivity index (χ4v) is 2.29. The van der Waals surface area contributed by atoms with Gasteiger partial charge in [0.15, 0.2) is 0 Å². The lowest BCUT2D eigenvalue weighted by Gasteiger charge is -2.34. The number of hydrogen-bond donors (Lipinski definition) is 1. The normalized spacial score (nSPS) is 19.2. The van der Waals surface area contributed by atoms with E-state index in [9.17, 15) is 9.59 Å². The Bertz CT molecular complexity index is 513. The topological polar surface area (TPSA) is 62.3 Å². The summed E-state index contributed by atoms with van der Waals surface area (Å²) >= 11 is 0. The molecular weight excluding hydrogens is 242 g/mol. The first-order valence-electron chi connectivity index (χ1n) is 6.56. The predicted molar refractivity (Wildman–Crippen MR) is 71.8 cm³/mol. The van der Waals surface area contributed by atoms with Gasteiger partial charge in [-0.3, -0.25) is 14.6 Å². The van der Waals surface area contributed by atoms with Gasteiger partial charge in [0.05, 0.1) is 5.56 Å². The van der Waals surface area contributed by atoms with E-state index < -0.39 is 0 Å². The second kappa shape index (κ2) is 5.38. The van der Waals surface area contributed by atoms with Crippen LogP contribution in [-0.2, 0) is 4.79 Å². The van der Waals surface area contributed by atoms with Crippen molar-refractivity contribution in [1.29, 1.82) is 0 Å². The number of amides is 2. The molecule has 0 bridgehead atoms. The molecule has 0 spiro atoms. The highest BCUT2D eigenvalue weighted by molar-refractivity contribution is 5.98. The molecule has 0 saturated carbocycles. The van der Waals surface area contributed by atoms with Crippen LogP contribution >= 0.6 is 0 Å². The third-order valence-corrected chi connectivity index (χ3v) is 3.57.